The lowest BCUT2D eigenvalue weighted by molar-refractivity contribution is 0.242. The van der Waals surface area contributed by atoms with E-state index in [1.165, 1.54) is 48.3 Å². The number of thiophene rings is 1. The highest BCUT2D eigenvalue weighted by Gasteiger charge is 2.28. The topological polar surface area (TPSA) is 38.0 Å². The van der Waals surface area contributed by atoms with Crippen LogP contribution in [0.25, 0.3) is 0 Å². The van der Waals surface area contributed by atoms with Crippen molar-refractivity contribution in [2.45, 2.75) is 58.4 Å². The van der Waals surface area contributed by atoms with Gasteiger partial charge in [-0.1, -0.05) is 32.6 Å². The molecule has 0 unspecified atom stereocenters. The Morgan fingerprint density at radius 1 is 1.16 bits per heavy atom. The normalized spacial score (nSPS) is 19.3. The minimum absolute atomic E-state index is 0.362. The molecule has 1 aromatic heterocycles. The van der Waals surface area contributed by atoms with Gasteiger partial charge in [-0.2, -0.15) is 0 Å². The van der Waals surface area contributed by atoms with Crippen LogP contribution >= 0.6 is 11.3 Å². The van der Waals surface area contributed by atoms with Crippen LogP contribution in [-0.4, -0.2) is 13.1 Å². The summed E-state index contributed by atoms with van der Waals surface area (Å²) in [5.74, 6) is 0. The van der Waals surface area contributed by atoms with Crippen molar-refractivity contribution >= 4 is 11.3 Å². The molecule has 1 aromatic rings. The number of rotatable bonds is 6. The third-order valence-electron chi connectivity index (χ3n) is 4.46. The Balaban J connectivity index is 1.82. The molecule has 108 valence electrons. The van der Waals surface area contributed by atoms with E-state index in [0.717, 1.165) is 26.1 Å². The van der Waals surface area contributed by atoms with Gasteiger partial charge >= 0.3 is 0 Å². The van der Waals surface area contributed by atoms with Crippen molar-refractivity contribution in [2.75, 3.05) is 13.1 Å². The van der Waals surface area contributed by atoms with Crippen LogP contribution in [0.5, 0.6) is 0 Å². The number of aryl methyl sites for hydroxylation is 1. The summed E-state index contributed by atoms with van der Waals surface area (Å²) < 4.78 is 0. The summed E-state index contributed by atoms with van der Waals surface area (Å²) in [4.78, 5) is 2.94. The van der Waals surface area contributed by atoms with Crippen LogP contribution in [-0.2, 0) is 13.0 Å². The third kappa shape index (κ3) is 4.30. The molecule has 0 aliphatic heterocycles. The lowest BCUT2D eigenvalue weighted by atomic mass is 9.80. The molecule has 19 heavy (non-hydrogen) atoms. The monoisotopic (exact) mass is 280 g/mol. The molecular formula is C16H28N2S. The van der Waals surface area contributed by atoms with Crippen molar-refractivity contribution in [2.24, 2.45) is 11.1 Å². The highest BCUT2D eigenvalue weighted by molar-refractivity contribution is 7.11. The van der Waals surface area contributed by atoms with E-state index in [-0.39, 0.29) is 0 Å². The molecule has 3 N–H and O–H groups in total. The Kier molecular flexibility index (Phi) is 5.86. The van der Waals surface area contributed by atoms with Gasteiger partial charge in [0.1, 0.15) is 0 Å². The SMILES string of the molecule is CCc1ccc(CNCC2(CN)CCCCCC2)s1. The van der Waals surface area contributed by atoms with Crippen LogP contribution in [0.15, 0.2) is 12.1 Å². The Labute approximate surface area is 121 Å². The maximum atomic E-state index is 6.08. The number of nitrogens with two attached hydrogens (primary N) is 1. The van der Waals surface area contributed by atoms with Crippen molar-refractivity contribution in [3.63, 3.8) is 0 Å². The van der Waals surface area contributed by atoms with Crippen LogP contribution in [0, 0.1) is 5.41 Å². The number of nitrogens with one attached hydrogen (secondary N) is 1. The molecule has 0 spiro atoms. The van der Waals surface area contributed by atoms with E-state index in [9.17, 15) is 0 Å². The second kappa shape index (κ2) is 7.41. The summed E-state index contributed by atoms with van der Waals surface area (Å²) in [7, 11) is 0. The summed E-state index contributed by atoms with van der Waals surface area (Å²) in [5, 5.41) is 3.66. The zero-order valence-corrected chi connectivity index (χ0v) is 13.0. The Bertz CT molecular complexity index is 365. The first-order valence-electron chi connectivity index (χ1n) is 7.76. The van der Waals surface area contributed by atoms with Crippen LogP contribution in [0.4, 0.5) is 0 Å². The Morgan fingerprint density at radius 3 is 2.42 bits per heavy atom. The molecular weight excluding hydrogens is 252 g/mol. The minimum atomic E-state index is 0.362. The maximum absolute atomic E-state index is 6.08. The fourth-order valence-electron chi connectivity index (χ4n) is 3.09. The lowest BCUT2D eigenvalue weighted by Crippen LogP contribution is -2.39. The fraction of sp³-hybridized carbons (Fsp3) is 0.750. The van der Waals surface area contributed by atoms with Crippen molar-refractivity contribution in [3.8, 4) is 0 Å². The molecule has 0 saturated heterocycles. The van der Waals surface area contributed by atoms with E-state index in [1.54, 1.807) is 0 Å². The van der Waals surface area contributed by atoms with Gasteiger partial charge in [0.25, 0.3) is 0 Å². The number of hydrogen-bond donors (Lipinski definition) is 2. The van der Waals surface area contributed by atoms with Gasteiger partial charge in [0, 0.05) is 22.8 Å². The lowest BCUT2D eigenvalue weighted by Gasteiger charge is -2.31. The molecule has 2 nitrogen and oxygen atoms in total. The zero-order valence-electron chi connectivity index (χ0n) is 12.2. The fourth-order valence-corrected chi connectivity index (χ4v) is 4.02. The summed E-state index contributed by atoms with van der Waals surface area (Å²) in [6.45, 7) is 5.15. The Morgan fingerprint density at radius 2 is 1.84 bits per heavy atom. The largest absolute Gasteiger partial charge is 0.330 e. The molecule has 0 radical (unpaired) electrons. The van der Waals surface area contributed by atoms with E-state index >= 15 is 0 Å². The molecule has 1 fully saturated rings. The van der Waals surface area contributed by atoms with E-state index in [2.05, 4.69) is 24.4 Å². The van der Waals surface area contributed by atoms with E-state index in [1.807, 2.05) is 11.3 Å². The Hall–Kier alpha value is -0.380. The van der Waals surface area contributed by atoms with Crippen molar-refractivity contribution in [1.82, 2.24) is 5.32 Å². The standard InChI is InChI=1S/C16H28N2S/c1-2-14-7-8-15(19-14)11-18-13-16(12-17)9-5-3-4-6-10-16/h7-8,18H,2-6,9-13,17H2,1H3. The average molecular weight is 280 g/mol. The van der Waals surface area contributed by atoms with Crippen molar-refractivity contribution in [3.05, 3.63) is 21.9 Å². The first kappa shape index (κ1) is 15.0. The quantitative estimate of drug-likeness (QED) is 0.780. The molecule has 0 aromatic carbocycles. The van der Waals surface area contributed by atoms with E-state index in [0.29, 0.717) is 5.41 Å². The highest BCUT2D eigenvalue weighted by Crippen LogP contribution is 2.33. The average Bonchev–Trinajstić information content (AvgIpc) is 2.77. The summed E-state index contributed by atoms with van der Waals surface area (Å²) >= 11 is 1.94. The molecule has 0 bridgehead atoms. The molecule has 1 aliphatic rings. The smallest absolute Gasteiger partial charge is 0.0300 e. The molecule has 0 atom stereocenters. The minimum Gasteiger partial charge on any atom is -0.330 e. The van der Waals surface area contributed by atoms with Crippen LogP contribution in [0.1, 0.15) is 55.2 Å². The van der Waals surface area contributed by atoms with Gasteiger partial charge in [-0.25, -0.2) is 0 Å². The van der Waals surface area contributed by atoms with Gasteiger partial charge in [0.15, 0.2) is 0 Å². The molecule has 3 heteroatoms. The van der Waals surface area contributed by atoms with Crippen LogP contribution in [0.3, 0.4) is 0 Å². The molecule has 1 aliphatic carbocycles. The van der Waals surface area contributed by atoms with Crippen molar-refractivity contribution in [1.29, 1.82) is 0 Å². The predicted octanol–water partition coefficient (Wildman–Crippen LogP) is 3.70. The summed E-state index contributed by atoms with van der Waals surface area (Å²) in [5.41, 5.74) is 6.44. The van der Waals surface area contributed by atoms with Gasteiger partial charge in [0.05, 0.1) is 0 Å². The summed E-state index contributed by atoms with van der Waals surface area (Å²) in [6.07, 6.45) is 9.27. The van der Waals surface area contributed by atoms with E-state index < -0.39 is 0 Å². The first-order valence-corrected chi connectivity index (χ1v) is 8.58. The van der Waals surface area contributed by atoms with Crippen molar-refractivity contribution < 1.29 is 0 Å². The second-order valence-electron chi connectivity index (χ2n) is 5.94. The predicted molar refractivity (Wildman–Crippen MR) is 84.6 cm³/mol. The first-order chi connectivity index (χ1) is 9.28. The third-order valence-corrected chi connectivity index (χ3v) is 5.69. The molecule has 1 heterocycles. The molecule has 2 rings (SSSR count). The second-order valence-corrected chi connectivity index (χ2v) is 7.20. The number of hydrogen-bond acceptors (Lipinski definition) is 3. The van der Waals surface area contributed by atoms with E-state index in [4.69, 9.17) is 5.73 Å². The van der Waals surface area contributed by atoms with Crippen LogP contribution < -0.4 is 11.1 Å². The van der Waals surface area contributed by atoms with Gasteiger partial charge in [-0.3, -0.25) is 0 Å². The zero-order chi connectivity index (χ0) is 13.6. The van der Waals surface area contributed by atoms with Gasteiger partial charge in [0.2, 0.25) is 0 Å². The van der Waals surface area contributed by atoms with Gasteiger partial charge < -0.3 is 11.1 Å². The van der Waals surface area contributed by atoms with Gasteiger partial charge in [-0.05, 0) is 43.4 Å². The maximum Gasteiger partial charge on any atom is 0.0300 e. The van der Waals surface area contributed by atoms with Crippen LogP contribution in [0.2, 0.25) is 0 Å². The van der Waals surface area contributed by atoms with Gasteiger partial charge in [-0.15, -0.1) is 11.3 Å². The highest BCUT2D eigenvalue weighted by atomic mass is 32.1. The molecule has 1 saturated carbocycles. The molecule has 0 amide bonds. The summed E-state index contributed by atoms with van der Waals surface area (Å²) in [6, 6.07) is 4.52.